The summed E-state index contributed by atoms with van der Waals surface area (Å²) in [5.41, 5.74) is 3.35. The van der Waals surface area contributed by atoms with Gasteiger partial charge in [-0.15, -0.1) is 0 Å². The second-order valence-corrected chi connectivity index (χ2v) is 8.53. The molecule has 1 aliphatic carbocycles. The lowest BCUT2D eigenvalue weighted by Crippen LogP contribution is -2.41. The summed E-state index contributed by atoms with van der Waals surface area (Å²) in [7, 11) is 0. The predicted molar refractivity (Wildman–Crippen MR) is 113 cm³/mol. The average molecular weight is 392 g/mol. The van der Waals surface area contributed by atoms with Crippen molar-refractivity contribution in [2.24, 2.45) is 0 Å². The van der Waals surface area contributed by atoms with Crippen molar-refractivity contribution < 1.29 is 9.53 Å². The Labute approximate surface area is 172 Å². The van der Waals surface area contributed by atoms with E-state index in [1.54, 1.807) is 12.3 Å². The molecule has 1 aromatic carbocycles. The van der Waals surface area contributed by atoms with E-state index in [4.69, 9.17) is 4.74 Å². The predicted octanol–water partition coefficient (Wildman–Crippen LogP) is 4.06. The maximum absolute atomic E-state index is 12.4. The van der Waals surface area contributed by atoms with E-state index in [0.29, 0.717) is 11.4 Å². The van der Waals surface area contributed by atoms with Gasteiger partial charge in [0.25, 0.3) is 5.91 Å². The van der Waals surface area contributed by atoms with Crippen molar-refractivity contribution in [3.05, 3.63) is 53.3 Å². The number of benzene rings is 1. The molecule has 5 heteroatoms. The Morgan fingerprint density at radius 2 is 1.66 bits per heavy atom. The highest BCUT2D eigenvalue weighted by molar-refractivity contribution is 5.92. The lowest BCUT2D eigenvalue weighted by atomic mass is 9.91. The molecule has 0 spiro atoms. The van der Waals surface area contributed by atoms with Crippen molar-refractivity contribution in [3.8, 4) is 11.5 Å². The van der Waals surface area contributed by atoms with Gasteiger partial charge in [-0.25, -0.2) is 4.98 Å². The molecular weight excluding hydrogens is 362 g/mol. The molecule has 0 unspecified atom stereocenters. The number of amides is 1. The zero-order valence-corrected chi connectivity index (χ0v) is 17.0. The first-order chi connectivity index (χ1) is 14.3. The molecule has 3 heterocycles. The summed E-state index contributed by atoms with van der Waals surface area (Å²) in [4.78, 5) is 21.3. The Balaban J connectivity index is 1.24. The standard InChI is InChI=1S/C24H29N3O2/c28-24(27-12-1-2-13-27)23-9-8-22(17-25-23)29-21-7-6-18-10-14-26(20-4-3-5-20)15-11-19(18)16-21/h6-9,16-17,20H,1-5,10-15H2. The fraction of sp³-hybridized carbons (Fsp3) is 0.500. The molecule has 1 amide bonds. The highest BCUT2D eigenvalue weighted by atomic mass is 16.5. The number of carbonyl (C=O) groups excluding carboxylic acids is 1. The number of rotatable bonds is 4. The van der Waals surface area contributed by atoms with Crippen LogP contribution in [-0.2, 0) is 12.8 Å². The minimum absolute atomic E-state index is 0.0232. The number of hydrogen-bond donors (Lipinski definition) is 0. The number of nitrogens with zero attached hydrogens (tertiary/aromatic N) is 3. The van der Waals surface area contributed by atoms with Crippen LogP contribution in [-0.4, -0.2) is 52.9 Å². The molecule has 2 fully saturated rings. The lowest BCUT2D eigenvalue weighted by molar-refractivity contribution is 0.0787. The number of carbonyl (C=O) groups is 1. The third kappa shape index (κ3) is 4.01. The summed E-state index contributed by atoms with van der Waals surface area (Å²) in [5, 5.41) is 0. The number of likely N-dealkylation sites (tertiary alicyclic amines) is 1. The van der Waals surface area contributed by atoms with Gasteiger partial charge in [0.05, 0.1) is 6.20 Å². The normalized spacial score (nSPS) is 20.1. The van der Waals surface area contributed by atoms with Crippen LogP contribution in [0.5, 0.6) is 11.5 Å². The minimum atomic E-state index is 0.0232. The van der Waals surface area contributed by atoms with E-state index in [0.717, 1.165) is 57.1 Å². The number of ether oxygens (including phenoxy) is 1. The summed E-state index contributed by atoms with van der Waals surface area (Å²) < 4.78 is 6.05. The van der Waals surface area contributed by atoms with Gasteiger partial charge in [0.2, 0.25) is 0 Å². The van der Waals surface area contributed by atoms with Crippen LogP contribution in [0.15, 0.2) is 36.5 Å². The summed E-state index contributed by atoms with van der Waals surface area (Å²) in [6, 6.07) is 10.9. The highest BCUT2D eigenvalue weighted by Crippen LogP contribution is 2.30. The molecule has 1 aromatic heterocycles. The van der Waals surface area contributed by atoms with E-state index in [1.165, 1.54) is 36.9 Å². The second-order valence-electron chi connectivity index (χ2n) is 8.53. The first kappa shape index (κ1) is 18.6. The summed E-state index contributed by atoms with van der Waals surface area (Å²) >= 11 is 0. The van der Waals surface area contributed by atoms with Gasteiger partial charge in [-0.2, -0.15) is 0 Å². The van der Waals surface area contributed by atoms with Crippen LogP contribution in [0.2, 0.25) is 0 Å². The Bertz CT molecular complexity index is 870. The second kappa shape index (κ2) is 8.15. The van der Waals surface area contributed by atoms with E-state index in [9.17, 15) is 4.79 Å². The minimum Gasteiger partial charge on any atom is -0.456 e. The topological polar surface area (TPSA) is 45.7 Å². The van der Waals surface area contributed by atoms with Gasteiger partial charge in [-0.1, -0.05) is 12.5 Å². The fourth-order valence-electron chi connectivity index (χ4n) is 4.68. The molecule has 2 aliphatic heterocycles. The maximum Gasteiger partial charge on any atom is 0.272 e. The van der Waals surface area contributed by atoms with Crippen molar-refractivity contribution in [2.45, 2.75) is 51.0 Å². The van der Waals surface area contributed by atoms with Crippen molar-refractivity contribution in [3.63, 3.8) is 0 Å². The largest absolute Gasteiger partial charge is 0.456 e. The molecule has 29 heavy (non-hydrogen) atoms. The molecule has 0 N–H and O–H groups in total. The average Bonchev–Trinajstić information content (AvgIpc) is 3.17. The van der Waals surface area contributed by atoms with Gasteiger partial charge < -0.3 is 9.64 Å². The lowest BCUT2D eigenvalue weighted by Gasteiger charge is -2.36. The Kier molecular flexibility index (Phi) is 5.23. The zero-order valence-electron chi connectivity index (χ0n) is 17.0. The Hall–Kier alpha value is -2.40. The van der Waals surface area contributed by atoms with Gasteiger partial charge in [-0.3, -0.25) is 9.69 Å². The van der Waals surface area contributed by atoms with Crippen LogP contribution < -0.4 is 4.74 Å². The van der Waals surface area contributed by atoms with E-state index < -0.39 is 0 Å². The van der Waals surface area contributed by atoms with Gasteiger partial charge in [0, 0.05) is 32.2 Å². The molecule has 1 saturated carbocycles. The molecule has 2 aromatic rings. The van der Waals surface area contributed by atoms with E-state index in [2.05, 4.69) is 28.1 Å². The van der Waals surface area contributed by atoms with Crippen molar-refractivity contribution >= 4 is 5.91 Å². The summed E-state index contributed by atoms with van der Waals surface area (Å²) in [6.45, 7) is 4.00. The van der Waals surface area contributed by atoms with Crippen molar-refractivity contribution in [2.75, 3.05) is 26.2 Å². The van der Waals surface area contributed by atoms with Crippen LogP contribution in [0, 0.1) is 0 Å². The number of hydrogen-bond acceptors (Lipinski definition) is 4. The zero-order chi connectivity index (χ0) is 19.6. The SMILES string of the molecule is O=C(c1ccc(Oc2ccc3c(c2)CCN(C2CCC2)CC3)cn1)N1CCCC1. The van der Waals surface area contributed by atoms with Gasteiger partial charge in [-0.05, 0) is 73.9 Å². The van der Waals surface area contributed by atoms with Gasteiger partial charge in [0.1, 0.15) is 17.2 Å². The van der Waals surface area contributed by atoms with Crippen molar-refractivity contribution in [1.82, 2.24) is 14.8 Å². The molecule has 5 nitrogen and oxygen atoms in total. The van der Waals surface area contributed by atoms with Crippen LogP contribution in [0.1, 0.15) is 53.7 Å². The first-order valence-electron chi connectivity index (χ1n) is 11.1. The third-order valence-electron chi connectivity index (χ3n) is 6.69. The molecule has 0 atom stereocenters. The molecule has 5 rings (SSSR count). The van der Waals surface area contributed by atoms with Crippen LogP contribution in [0.25, 0.3) is 0 Å². The summed E-state index contributed by atoms with van der Waals surface area (Å²) in [6.07, 6.45) is 10.2. The van der Waals surface area contributed by atoms with Gasteiger partial charge >= 0.3 is 0 Å². The summed E-state index contributed by atoms with van der Waals surface area (Å²) in [5.74, 6) is 1.55. The highest BCUT2D eigenvalue weighted by Gasteiger charge is 2.26. The molecule has 3 aliphatic rings. The molecular formula is C24H29N3O2. The number of fused-ring (bicyclic) bond motifs is 1. The Morgan fingerprint density at radius 1 is 0.897 bits per heavy atom. The van der Waals surface area contributed by atoms with E-state index in [-0.39, 0.29) is 5.91 Å². The van der Waals surface area contributed by atoms with Crippen LogP contribution >= 0.6 is 0 Å². The van der Waals surface area contributed by atoms with E-state index >= 15 is 0 Å². The molecule has 0 bridgehead atoms. The number of pyridine rings is 1. The molecule has 0 radical (unpaired) electrons. The fourth-order valence-corrected chi connectivity index (χ4v) is 4.68. The van der Waals surface area contributed by atoms with Gasteiger partial charge in [0.15, 0.2) is 0 Å². The first-order valence-corrected chi connectivity index (χ1v) is 11.1. The van der Waals surface area contributed by atoms with Crippen LogP contribution in [0.3, 0.4) is 0 Å². The Morgan fingerprint density at radius 3 is 2.34 bits per heavy atom. The monoisotopic (exact) mass is 391 g/mol. The smallest absolute Gasteiger partial charge is 0.272 e. The molecule has 1 saturated heterocycles. The van der Waals surface area contributed by atoms with Crippen LogP contribution in [0.4, 0.5) is 0 Å². The van der Waals surface area contributed by atoms with Crippen molar-refractivity contribution in [1.29, 1.82) is 0 Å². The quantitative estimate of drug-likeness (QED) is 0.788. The molecule has 152 valence electrons. The number of aromatic nitrogens is 1. The third-order valence-corrected chi connectivity index (χ3v) is 6.69. The maximum atomic E-state index is 12.4. The van der Waals surface area contributed by atoms with E-state index in [1.807, 2.05) is 11.0 Å².